The summed E-state index contributed by atoms with van der Waals surface area (Å²) in [5.74, 6) is 0. The third kappa shape index (κ3) is 4.18. The molecule has 0 aliphatic rings. The Kier molecular flexibility index (Phi) is 5.31. The number of nitrogens with two attached hydrogens (primary N) is 1. The van der Waals surface area contributed by atoms with E-state index >= 15 is 0 Å². The maximum Gasteiger partial charge on any atom is 0.417 e. The Hall–Kier alpha value is -1.14. The van der Waals surface area contributed by atoms with Crippen LogP contribution in [0, 0.1) is 0 Å². The number of ether oxygens (including phenoxy) is 1. The molecule has 0 saturated heterocycles. The largest absolute Gasteiger partial charge is 0.417 e. The second-order valence-corrected chi connectivity index (χ2v) is 4.37. The van der Waals surface area contributed by atoms with Gasteiger partial charge in [-0.25, -0.2) is 8.78 Å². The zero-order valence-corrected chi connectivity index (χ0v) is 10.6. The summed E-state index contributed by atoms with van der Waals surface area (Å²) in [6.45, 7) is 1.32. The van der Waals surface area contributed by atoms with Crippen molar-refractivity contribution in [2.24, 2.45) is 5.73 Å². The number of halogens is 4. The molecule has 6 heteroatoms. The van der Waals surface area contributed by atoms with Gasteiger partial charge in [-0.1, -0.05) is 37.3 Å². The first-order valence-electron chi connectivity index (χ1n) is 5.95. The fraction of sp³-hybridized carbons (Fsp3) is 0.538. The molecule has 0 aliphatic heterocycles. The molecular formula is C13H17F4NO. The molecule has 1 atom stereocenters. The number of rotatable bonds is 7. The van der Waals surface area contributed by atoms with Crippen LogP contribution in [0.15, 0.2) is 30.3 Å². The van der Waals surface area contributed by atoms with Crippen LogP contribution in [0.1, 0.15) is 18.9 Å². The molecule has 2 nitrogen and oxygen atoms in total. The first-order valence-corrected chi connectivity index (χ1v) is 5.95. The predicted octanol–water partition coefficient (Wildman–Crippen LogP) is 3.21. The van der Waals surface area contributed by atoms with Crippen LogP contribution in [-0.2, 0) is 11.2 Å². The minimum Gasteiger partial charge on any atom is -0.328 e. The van der Waals surface area contributed by atoms with Crippen molar-refractivity contribution in [1.29, 1.82) is 0 Å². The molecule has 0 aliphatic carbocycles. The van der Waals surface area contributed by atoms with Gasteiger partial charge in [-0.2, -0.15) is 8.78 Å². The summed E-state index contributed by atoms with van der Waals surface area (Å²) in [5.41, 5.74) is 4.68. The van der Waals surface area contributed by atoms with E-state index < -0.39 is 18.1 Å². The van der Waals surface area contributed by atoms with Crippen LogP contribution in [0.3, 0.4) is 0 Å². The first-order chi connectivity index (χ1) is 8.85. The molecule has 0 radical (unpaired) electrons. The minimum atomic E-state index is -4.50. The van der Waals surface area contributed by atoms with E-state index in [1.807, 2.05) is 0 Å². The Balaban J connectivity index is 2.91. The predicted molar refractivity (Wildman–Crippen MR) is 64.3 cm³/mol. The van der Waals surface area contributed by atoms with Crippen LogP contribution in [0.5, 0.6) is 0 Å². The van der Waals surface area contributed by atoms with Gasteiger partial charge in [0, 0.05) is 13.0 Å². The lowest BCUT2D eigenvalue weighted by Gasteiger charge is -2.35. The quantitative estimate of drug-likeness (QED) is 0.778. The monoisotopic (exact) mass is 279 g/mol. The van der Waals surface area contributed by atoms with E-state index in [1.54, 1.807) is 37.3 Å². The molecule has 0 aromatic heterocycles. The summed E-state index contributed by atoms with van der Waals surface area (Å²) in [4.78, 5) is 0. The number of hydrogen-bond donors (Lipinski definition) is 1. The highest BCUT2D eigenvalue weighted by Crippen LogP contribution is 2.33. The van der Waals surface area contributed by atoms with Crippen LogP contribution < -0.4 is 5.73 Å². The number of benzene rings is 1. The normalized spacial score (nSPS) is 15.5. The van der Waals surface area contributed by atoms with E-state index in [4.69, 9.17) is 5.73 Å². The summed E-state index contributed by atoms with van der Waals surface area (Å²) in [6.07, 6.45) is -8.20. The molecular weight excluding hydrogens is 262 g/mol. The summed E-state index contributed by atoms with van der Waals surface area (Å²) in [6, 6.07) is 8.66. The fourth-order valence-corrected chi connectivity index (χ4v) is 1.79. The molecule has 1 aromatic rings. The van der Waals surface area contributed by atoms with Crippen molar-refractivity contribution in [3.05, 3.63) is 35.9 Å². The van der Waals surface area contributed by atoms with Crippen molar-refractivity contribution < 1.29 is 22.3 Å². The standard InChI is InChI=1S/C13H17F4NO/c1-2-12(9-18,19-13(16,17)11(14)15)8-10-6-4-3-5-7-10/h3-7,11H,2,8-9,18H2,1H3. The van der Waals surface area contributed by atoms with Crippen LogP contribution in [-0.4, -0.2) is 24.7 Å². The highest BCUT2D eigenvalue weighted by molar-refractivity contribution is 5.17. The topological polar surface area (TPSA) is 35.2 Å². The Bertz CT molecular complexity index is 379. The van der Waals surface area contributed by atoms with E-state index in [0.717, 1.165) is 0 Å². The zero-order chi connectivity index (χ0) is 14.5. The molecule has 0 heterocycles. The van der Waals surface area contributed by atoms with Crippen molar-refractivity contribution in [1.82, 2.24) is 0 Å². The Morgan fingerprint density at radius 2 is 1.79 bits per heavy atom. The average Bonchev–Trinajstić information content (AvgIpc) is 2.38. The molecule has 0 amide bonds. The molecule has 0 saturated carbocycles. The molecule has 0 spiro atoms. The molecule has 108 valence electrons. The summed E-state index contributed by atoms with van der Waals surface area (Å²) in [7, 11) is 0. The van der Waals surface area contributed by atoms with Gasteiger partial charge in [-0.15, -0.1) is 0 Å². The van der Waals surface area contributed by atoms with Crippen LogP contribution in [0.25, 0.3) is 0 Å². The van der Waals surface area contributed by atoms with Crippen LogP contribution in [0.2, 0.25) is 0 Å². The minimum absolute atomic E-state index is 0.0587. The smallest absolute Gasteiger partial charge is 0.328 e. The van der Waals surface area contributed by atoms with E-state index in [9.17, 15) is 17.6 Å². The number of alkyl halides is 4. The Morgan fingerprint density at radius 1 is 1.21 bits per heavy atom. The molecule has 19 heavy (non-hydrogen) atoms. The second-order valence-electron chi connectivity index (χ2n) is 4.37. The lowest BCUT2D eigenvalue weighted by Crippen LogP contribution is -2.49. The highest BCUT2D eigenvalue weighted by atomic mass is 19.3. The van der Waals surface area contributed by atoms with Crippen molar-refractivity contribution in [3.8, 4) is 0 Å². The SMILES string of the molecule is CCC(CN)(Cc1ccccc1)OC(F)(F)C(F)F. The van der Waals surface area contributed by atoms with Gasteiger partial charge in [-0.05, 0) is 12.0 Å². The van der Waals surface area contributed by atoms with Crippen molar-refractivity contribution in [2.75, 3.05) is 6.54 Å². The maximum atomic E-state index is 13.1. The Labute approximate surface area is 109 Å². The van der Waals surface area contributed by atoms with Crippen LogP contribution in [0.4, 0.5) is 17.6 Å². The van der Waals surface area contributed by atoms with E-state index in [2.05, 4.69) is 4.74 Å². The van der Waals surface area contributed by atoms with Gasteiger partial charge in [0.05, 0.1) is 5.60 Å². The van der Waals surface area contributed by atoms with Gasteiger partial charge in [0.15, 0.2) is 0 Å². The van der Waals surface area contributed by atoms with Gasteiger partial charge in [0.2, 0.25) is 0 Å². The third-order valence-electron chi connectivity index (χ3n) is 2.99. The van der Waals surface area contributed by atoms with Crippen molar-refractivity contribution in [3.63, 3.8) is 0 Å². The molecule has 1 aromatic carbocycles. The maximum absolute atomic E-state index is 13.1. The molecule has 2 N–H and O–H groups in total. The van der Waals surface area contributed by atoms with Gasteiger partial charge in [0.1, 0.15) is 0 Å². The summed E-state index contributed by atoms with van der Waals surface area (Å²) >= 11 is 0. The summed E-state index contributed by atoms with van der Waals surface area (Å²) in [5, 5.41) is 0. The second kappa shape index (κ2) is 6.34. The van der Waals surface area contributed by atoms with Crippen LogP contribution >= 0.6 is 0 Å². The first kappa shape index (κ1) is 15.9. The Morgan fingerprint density at radius 3 is 2.21 bits per heavy atom. The van der Waals surface area contributed by atoms with E-state index in [1.165, 1.54) is 0 Å². The van der Waals surface area contributed by atoms with E-state index in [0.29, 0.717) is 5.56 Å². The molecule has 0 fully saturated rings. The molecule has 1 rings (SSSR count). The lowest BCUT2D eigenvalue weighted by atomic mass is 9.91. The molecule has 1 unspecified atom stereocenters. The fourth-order valence-electron chi connectivity index (χ4n) is 1.79. The molecule has 0 bridgehead atoms. The lowest BCUT2D eigenvalue weighted by molar-refractivity contribution is -0.341. The highest BCUT2D eigenvalue weighted by Gasteiger charge is 2.48. The number of hydrogen-bond acceptors (Lipinski definition) is 2. The van der Waals surface area contributed by atoms with Gasteiger partial charge >= 0.3 is 12.5 Å². The summed E-state index contributed by atoms with van der Waals surface area (Å²) < 4.78 is 55.0. The third-order valence-corrected chi connectivity index (χ3v) is 2.99. The van der Waals surface area contributed by atoms with E-state index in [-0.39, 0.29) is 19.4 Å². The zero-order valence-electron chi connectivity index (χ0n) is 10.6. The van der Waals surface area contributed by atoms with Crippen molar-refractivity contribution in [2.45, 2.75) is 37.9 Å². The van der Waals surface area contributed by atoms with Crippen molar-refractivity contribution >= 4 is 0 Å². The van der Waals surface area contributed by atoms with Gasteiger partial charge < -0.3 is 10.5 Å². The van der Waals surface area contributed by atoms with Gasteiger partial charge in [-0.3, -0.25) is 0 Å². The average molecular weight is 279 g/mol. The van der Waals surface area contributed by atoms with Gasteiger partial charge in [0.25, 0.3) is 0 Å².